The van der Waals surface area contributed by atoms with Crippen LogP contribution in [-0.4, -0.2) is 24.2 Å². The van der Waals surface area contributed by atoms with Gasteiger partial charge >= 0.3 is 5.97 Å². The number of methoxy groups -OCH3 is 1. The van der Waals surface area contributed by atoms with Crippen LogP contribution in [0.1, 0.15) is 15.9 Å². The summed E-state index contributed by atoms with van der Waals surface area (Å²) in [6.45, 7) is 0. The number of nitro groups is 1. The van der Waals surface area contributed by atoms with Gasteiger partial charge in [-0.15, -0.1) is 0 Å². The van der Waals surface area contributed by atoms with Gasteiger partial charge in [-0.25, -0.2) is 4.79 Å². The number of carbonyl (C=O) groups excluding carboxylic acids is 1. The van der Waals surface area contributed by atoms with Gasteiger partial charge in [0.25, 0.3) is 5.69 Å². The molecule has 2 aromatic carbocycles. The summed E-state index contributed by atoms with van der Waals surface area (Å²) in [5.74, 6) is -0.145. The second-order valence-electron chi connectivity index (χ2n) is 4.30. The number of benzene rings is 2. The normalized spacial score (nSPS) is 10.5. The first-order chi connectivity index (χ1) is 11.0. The zero-order chi connectivity index (χ0) is 16.8. The molecular weight excluding hydrogens is 368 g/mol. The predicted molar refractivity (Wildman–Crippen MR) is 86.8 cm³/mol. The fourth-order valence-electron chi connectivity index (χ4n) is 1.71. The Labute approximate surface area is 139 Å². The molecule has 2 aromatic rings. The molecule has 0 saturated carbocycles. The maximum absolute atomic E-state index is 11.8. The van der Waals surface area contributed by atoms with E-state index < -0.39 is 10.9 Å². The van der Waals surface area contributed by atoms with Gasteiger partial charge < -0.3 is 9.57 Å². The quantitative estimate of drug-likeness (QED) is 0.343. The summed E-state index contributed by atoms with van der Waals surface area (Å²) in [5, 5.41) is 14.2. The molecule has 0 aliphatic heterocycles. The lowest BCUT2D eigenvalue weighted by molar-refractivity contribution is -0.384. The summed E-state index contributed by atoms with van der Waals surface area (Å²) in [6, 6.07) is 10.3. The molecule has 118 valence electrons. The van der Waals surface area contributed by atoms with Crippen molar-refractivity contribution in [1.82, 2.24) is 0 Å². The highest BCUT2D eigenvalue weighted by molar-refractivity contribution is 9.10. The number of ether oxygens (including phenoxy) is 1. The molecule has 0 spiro atoms. The number of non-ortho nitro benzene ring substituents is 1. The third-order valence-electron chi connectivity index (χ3n) is 2.83. The van der Waals surface area contributed by atoms with Crippen LogP contribution in [0.25, 0.3) is 0 Å². The van der Waals surface area contributed by atoms with Gasteiger partial charge in [0.05, 0.1) is 23.8 Å². The van der Waals surface area contributed by atoms with E-state index in [9.17, 15) is 14.9 Å². The molecule has 0 fully saturated rings. The fourth-order valence-corrected chi connectivity index (χ4v) is 2.09. The molecule has 0 aromatic heterocycles. The van der Waals surface area contributed by atoms with Gasteiger partial charge in [-0.3, -0.25) is 10.1 Å². The number of halogens is 1. The molecule has 2 rings (SSSR count). The zero-order valence-electron chi connectivity index (χ0n) is 11.9. The Kier molecular flexibility index (Phi) is 5.42. The first-order valence-corrected chi connectivity index (χ1v) is 7.13. The number of hydrogen-bond donors (Lipinski definition) is 0. The number of nitrogens with zero attached hydrogens (tertiary/aromatic N) is 2. The minimum atomic E-state index is -0.717. The Morgan fingerprint density at radius 3 is 2.57 bits per heavy atom. The summed E-state index contributed by atoms with van der Waals surface area (Å²) in [7, 11) is 1.52. The summed E-state index contributed by atoms with van der Waals surface area (Å²) in [6.07, 6.45) is 1.34. The molecule has 0 radical (unpaired) electrons. The third kappa shape index (κ3) is 4.36. The molecule has 0 heterocycles. The smallest absolute Gasteiger partial charge is 0.365 e. The summed E-state index contributed by atoms with van der Waals surface area (Å²) >= 11 is 3.32. The molecule has 7 nitrogen and oxygen atoms in total. The second kappa shape index (κ2) is 7.50. The Morgan fingerprint density at radius 2 is 1.96 bits per heavy atom. The van der Waals surface area contributed by atoms with Crippen LogP contribution in [0.2, 0.25) is 0 Å². The van der Waals surface area contributed by atoms with Crippen molar-refractivity contribution in [1.29, 1.82) is 0 Å². The van der Waals surface area contributed by atoms with Crippen molar-refractivity contribution in [3.05, 3.63) is 68.2 Å². The molecule has 0 aliphatic rings. The average molecular weight is 379 g/mol. The Bertz CT molecular complexity index is 759. The number of carbonyl (C=O) groups is 1. The molecule has 0 unspecified atom stereocenters. The van der Waals surface area contributed by atoms with Gasteiger partial charge in [0.15, 0.2) is 0 Å². The maximum atomic E-state index is 11.8. The fraction of sp³-hybridized carbons (Fsp3) is 0.0667. The molecule has 0 atom stereocenters. The van der Waals surface area contributed by atoms with Crippen molar-refractivity contribution in [3.8, 4) is 5.75 Å². The number of hydrogen-bond acceptors (Lipinski definition) is 6. The van der Waals surface area contributed by atoms with Crippen LogP contribution in [0.15, 0.2) is 52.1 Å². The minimum absolute atomic E-state index is 0.107. The van der Waals surface area contributed by atoms with Crippen molar-refractivity contribution in [2.45, 2.75) is 0 Å². The van der Waals surface area contributed by atoms with Crippen LogP contribution in [0.3, 0.4) is 0 Å². The third-order valence-corrected chi connectivity index (χ3v) is 3.33. The van der Waals surface area contributed by atoms with E-state index in [-0.39, 0.29) is 11.3 Å². The predicted octanol–water partition coefficient (Wildman–Crippen LogP) is 3.56. The van der Waals surface area contributed by atoms with E-state index in [2.05, 4.69) is 21.1 Å². The molecular formula is C15H11BrN2O5. The second-order valence-corrected chi connectivity index (χ2v) is 5.22. The van der Waals surface area contributed by atoms with Crippen LogP contribution in [-0.2, 0) is 4.84 Å². The maximum Gasteiger partial charge on any atom is 0.365 e. The highest BCUT2D eigenvalue weighted by Gasteiger charge is 2.10. The number of rotatable bonds is 5. The van der Waals surface area contributed by atoms with Crippen LogP contribution in [0, 0.1) is 10.1 Å². The van der Waals surface area contributed by atoms with Crippen molar-refractivity contribution < 1.29 is 19.3 Å². The molecule has 0 saturated heterocycles. The Balaban J connectivity index is 2.06. The lowest BCUT2D eigenvalue weighted by Gasteiger charge is -2.04. The minimum Gasteiger partial charge on any atom is -0.496 e. The van der Waals surface area contributed by atoms with Gasteiger partial charge in [-0.1, -0.05) is 21.1 Å². The summed E-state index contributed by atoms with van der Waals surface area (Å²) in [4.78, 5) is 26.6. The molecule has 0 amide bonds. The molecule has 0 bridgehead atoms. The van der Waals surface area contributed by atoms with Gasteiger partial charge in [0.1, 0.15) is 5.75 Å². The Hall–Kier alpha value is -2.74. The largest absolute Gasteiger partial charge is 0.496 e. The molecule has 8 heteroatoms. The first kappa shape index (κ1) is 16.6. The lowest BCUT2D eigenvalue weighted by atomic mass is 10.2. The van der Waals surface area contributed by atoms with Gasteiger partial charge in [-0.05, 0) is 30.3 Å². The van der Waals surface area contributed by atoms with Gasteiger partial charge in [-0.2, -0.15) is 0 Å². The van der Waals surface area contributed by atoms with E-state index in [1.807, 2.05) is 0 Å². The van der Waals surface area contributed by atoms with E-state index in [0.29, 0.717) is 11.3 Å². The molecule has 0 N–H and O–H groups in total. The SMILES string of the molecule is COc1ccc(Br)cc1C=NOC(=O)c1ccc([N+](=O)[O-])cc1. The van der Waals surface area contributed by atoms with E-state index in [4.69, 9.17) is 9.57 Å². The van der Waals surface area contributed by atoms with Crippen molar-refractivity contribution in [2.24, 2.45) is 5.16 Å². The summed E-state index contributed by atoms with van der Waals surface area (Å²) in [5.41, 5.74) is 0.677. The van der Waals surface area contributed by atoms with E-state index in [0.717, 1.165) is 4.47 Å². The van der Waals surface area contributed by atoms with Crippen LogP contribution in [0.5, 0.6) is 5.75 Å². The molecule has 23 heavy (non-hydrogen) atoms. The van der Waals surface area contributed by atoms with E-state index >= 15 is 0 Å². The summed E-state index contributed by atoms with van der Waals surface area (Å²) < 4.78 is 5.98. The highest BCUT2D eigenvalue weighted by atomic mass is 79.9. The number of oxime groups is 1. The van der Waals surface area contributed by atoms with E-state index in [1.165, 1.54) is 37.6 Å². The average Bonchev–Trinajstić information content (AvgIpc) is 2.55. The standard InChI is InChI=1S/C15H11BrN2O5/c1-22-14-7-4-12(16)8-11(14)9-17-23-15(19)10-2-5-13(6-3-10)18(20)21/h2-9H,1H3. The van der Waals surface area contributed by atoms with Crippen LogP contribution in [0.4, 0.5) is 5.69 Å². The van der Waals surface area contributed by atoms with Crippen LogP contribution >= 0.6 is 15.9 Å². The zero-order valence-corrected chi connectivity index (χ0v) is 13.5. The molecule has 0 aliphatic carbocycles. The first-order valence-electron chi connectivity index (χ1n) is 6.34. The van der Waals surface area contributed by atoms with Crippen LogP contribution < -0.4 is 4.74 Å². The topological polar surface area (TPSA) is 91.0 Å². The monoisotopic (exact) mass is 378 g/mol. The number of nitro benzene ring substituents is 1. The van der Waals surface area contributed by atoms with Crippen molar-refractivity contribution in [2.75, 3.05) is 7.11 Å². The lowest BCUT2D eigenvalue weighted by Crippen LogP contribution is -2.01. The van der Waals surface area contributed by atoms with Gasteiger partial charge in [0, 0.05) is 22.2 Å². The Morgan fingerprint density at radius 1 is 1.26 bits per heavy atom. The van der Waals surface area contributed by atoms with Crippen molar-refractivity contribution >= 4 is 33.8 Å². The highest BCUT2D eigenvalue weighted by Crippen LogP contribution is 2.21. The van der Waals surface area contributed by atoms with Gasteiger partial charge in [0.2, 0.25) is 0 Å². The van der Waals surface area contributed by atoms with E-state index in [1.54, 1.807) is 18.2 Å². The van der Waals surface area contributed by atoms with Crippen molar-refractivity contribution in [3.63, 3.8) is 0 Å².